The molecule has 0 saturated carbocycles. The maximum absolute atomic E-state index is 12.0. The Labute approximate surface area is 200 Å². The Kier molecular flexibility index (Phi) is 7.67. The fourth-order valence-electron chi connectivity index (χ4n) is 5.03. The number of carbonyl (C=O) groups excluding carboxylic acids is 1. The molecule has 3 heterocycles. The lowest BCUT2D eigenvalue weighted by molar-refractivity contribution is 0.0666. The first kappa shape index (κ1) is 24.0. The van der Waals surface area contributed by atoms with Crippen molar-refractivity contribution in [2.45, 2.75) is 58.3 Å². The minimum Gasteiger partial charge on any atom is -0.380 e. The molecule has 7 nitrogen and oxygen atoms in total. The van der Waals surface area contributed by atoms with Crippen molar-refractivity contribution in [1.82, 2.24) is 20.3 Å². The number of nitrogens with zero attached hydrogens (tertiary/aromatic N) is 3. The van der Waals surface area contributed by atoms with Crippen molar-refractivity contribution in [3.8, 4) is 0 Å². The standard InChI is InChI=1S/C27H32N4O3/c1-18-7-5-13-28-25(18)23-9-4-10-24(26-19(2)8-6-14-29-26)31(23)16-21-12-11-20(27(32)30-33)15-22(21)17-34-3/h5-8,11-15,23-24,33H,4,9-10,16-17H2,1-3H3,(H,30,32). The second kappa shape index (κ2) is 10.9. The number of ether oxygens (including phenoxy) is 1. The number of amides is 1. The van der Waals surface area contributed by atoms with Gasteiger partial charge in [-0.05, 0) is 79.6 Å². The molecule has 0 aliphatic carbocycles. The first-order valence-electron chi connectivity index (χ1n) is 11.7. The Balaban J connectivity index is 1.78. The van der Waals surface area contributed by atoms with Crippen molar-refractivity contribution in [2.75, 3.05) is 7.11 Å². The van der Waals surface area contributed by atoms with Crippen molar-refractivity contribution in [1.29, 1.82) is 0 Å². The average Bonchev–Trinajstić information content (AvgIpc) is 2.86. The van der Waals surface area contributed by atoms with Crippen LogP contribution in [0.1, 0.15) is 75.3 Å². The first-order valence-corrected chi connectivity index (χ1v) is 11.7. The highest BCUT2D eigenvalue weighted by Gasteiger charge is 2.35. The van der Waals surface area contributed by atoms with E-state index >= 15 is 0 Å². The van der Waals surface area contributed by atoms with Gasteiger partial charge >= 0.3 is 0 Å². The van der Waals surface area contributed by atoms with Gasteiger partial charge in [-0.15, -0.1) is 0 Å². The summed E-state index contributed by atoms with van der Waals surface area (Å²) >= 11 is 0. The van der Waals surface area contributed by atoms with Crippen molar-refractivity contribution >= 4 is 5.91 Å². The molecule has 0 bridgehead atoms. The van der Waals surface area contributed by atoms with Crippen molar-refractivity contribution in [2.24, 2.45) is 0 Å². The van der Waals surface area contributed by atoms with E-state index in [1.807, 2.05) is 30.6 Å². The van der Waals surface area contributed by atoms with Crippen LogP contribution in [-0.4, -0.2) is 33.1 Å². The van der Waals surface area contributed by atoms with Gasteiger partial charge in [-0.3, -0.25) is 24.9 Å². The van der Waals surface area contributed by atoms with E-state index in [0.717, 1.165) is 41.8 Å². The van der Waals surface area contributed by atoms with Crippen LogP contribution in [0.25, 0.3) is 0 Å². The molecule has 2 unspecified atom stereocenters. The van der Waals surface area contributed by atoms with Crippen LogP contribution in [0.4, 0.5) is 0 Å². The Hall–Kier alpha value is -3.13. The Morgan fingerprint density at radius 1 is 1.03 bits per heavy atom. The minimum absolute atomic E-state index is 0.150. The minimum atomic E-state index is -0.536. The smallest absolute Gasteiger partial charge is 0.274 e. The van der Waals surface area contributed by atoms with E-state index in [4.69, 9.17) is 19.9 Å². The molecule has 34 heavy (non-hydrogen) atoms. The van der Waals surface area contributed by atoms with Crippen LogP contribution in [-0.2, 0) is 17.9 Å². The maximum Gasteiger partial charge on any atom is 0.274 e. The van der Waals surface area contributed by atoms with Crippen LogP contribution >= 0.6 is 0 Å². The summed E-state index contributed by atoms with van der Waals surface area (Å²) in [5.41, 5.74) is 8.68. The average molecular weight is 461 g/mol. The normalized spacial score (nSPS) is 18.6. The number of aryl methyl sites for hydroxylation is 2. The SMILES string of the molecule is COCc1cc(C(=O)NO)ccc1CN1C(c2ncccc2C)CCCC1c1ncccc1C. The van der Waals surface area contributed by atoms with Crippen LogP contribution < -0.4 is 5.48 Å². The molecule has 1 saturated heterocycles. The van der Waals surface area contributed by atoms with E-state index in [1.54, 1.807) is 24.7 Å². The molecule has 1 fully saturated rings. The highest BCUT2D eigenvalue weighted by atomic mass is 16.5. The number of carbonyl (C=O) groups is 1. The van der Waals surface area contributed by atoms with E-state index in [9.17, 15) is 4.79 Å². The number of benzene rings is 1. The van der Waals surface area contributed by atoms with Gasteiger partial charge in [0, 0.05) is 31.6 Å². The van der Waals surface area contributed by atoms with Crippen molar-refractivity contribution in [3.05, 3.63) is 94.1 Å². The highest BCUT2D eigenvalue weighted by molar-refractivity contribution is 5.93. The zero-order valence-corrected chi connectivity index (χ0v) is 20.0. The lowest BCUT2D eigenvalue weighted by atomic mass is 9.88. The molecule has 0 spiro atoms. The first-order chi connectivity index (χ1) is 16.5. The van der Waals surface area contributed by atoms with Gasteiger partial charge in [-0.25, -0.2) is 5.48 Å². The van der Waals surface area contributed by atoms with Gasteiger partial charge in [0.25, 0.3) is 5.91 Å². The van der Waals surface area contributed by atoms with Gasteiger partial charge in [0.2, 0.25) is 0 Å². The fraction of sp³-hybridized carbons (Fsp3) is 0.370. The Morgan fingerprint density at radius 3 is 2.18 bits per heavy atom. The molecule has 1 aromatic carbocycles. The number of hydrogen-bond donors (Lipinski definition) is 2. The molecule has 178 valence electrons. The third kappa shape index (κ3) is 5.01. The fourth-order valence-corrected chi connectivity index (χ4v) is 5.03. The maximum atomic E-state index is 12.0. The number of likely N-dealkylation sites (tertiary alicyclic amines) is 1. The molecule has 2 atom stereocenters. The Bertz CT molecular complexity index is 1100. The third-order valence-electron chi connectivity index (χ3n) is 6.71. The van der Waals surface area contributed by atoms with Gasteiger partial charge in [0.05, 0.1) is 30.1 Å². The molecule has 7 heteroatoms. The van der Waals surface area contributed by atoms with E-state index < -0.39 is 5.91 Å². The van der Waals surface area contributed by atoms with Crippen molar-refractivity contribution in [3.63, 3.8) is 0 Å². The van der Waals surface area contributed by atoms with E-state index in [0.29, 0.717) is 18.7 Å². The summed E-state index contributed by atoms with van der Waals surface area (Å²) in [5, 5.41) is 9.06. The summed E-state index contributed by atoms with van der Waals surface area (Å²) in [6.07, 6.45) is 6.87. The van der Waals surface area contributed by atoms with Gasteiger partial charge < -0.3 is 4.74 Å². The quantitative estimate of drug-likeness (QED) is 0.388. The molecular formula is C27H32N4O3. The molecule has 4 rings (SSSR count). The van der Waals surface area contributed by atoms with Crippen LogP contribution in [0.5, 0.6) is 0 Å². The van der Waals surface area contributed by atoms with E-state index in [2.05, 4.69) is 30.9 Å². The second-order valence-corrected chi connectivity index (χ2v) is 8.90. The second-order valence-electron chi connectivity index (χ2n) is 8.90. The molecule has 1 aliphatic rings. The third-order valence-corrected chi connectivity index (χ3v) is 6.71. The number of hydroxylamine groups is 1. The zero-order chi connectivity index (χ0) is 24.1. The number of aromatic nitrogens is 2. The monoisotopic (exact) mass is 460 g/mol. The predicted octanol–water partition coefficient (Wildman–Crippen LogP) is 4.83. The summed E-state index contributed by atoms with van der Waals surface area (Å²) in [6, 6.07) is 14.0. The van der Waals surface area contributed by atoms with Gasteiger partial charge in [0.15, 0.2) is 0 Å². The van der Waals surface area contributed by atoms with Crippen LogP contribution in [0, 0.1) is 13.8 Å². The van der Waals surface area contributed by atoms with Gasteiger partial charge in [0.1, 0.15) is 0 Å². The zero-order valence-electron chi connectivity index (χ0n) is 20.0. The predicted molar refractivity (Wildman–Crippen MR) is 129 cm³/mol. The molecule has 1 amide bonds. The topological polar surface area (TPSA) is 87.6 Å². The summed E-state index contributed by atoms with van der Waals surface area (Å²) in [4.78, 5) is 24.1. The number of methoxy groups -OCH3 is 1. The lowest BCUT2D eigenvalue weighted by Crippen LogP contribution is -2.37. The number of hydrogen-bond acceptors (Lipinski definition) is 6. The molecular weight excluding hydrogens is 428 g/mol. The lowest BCUT2D eigenvalue weighted by Gasteiger charge is -2.43. The van der Waals surface area contributed by atoms with Gasteiger partial charge in [-0.1, -0.05) is 18.2 Å². The number of nitrogens with one attached hydrogen (secondary N) is 1. The summed E-state index contributed by atoms with van der Waals surface area (Å²) < 4.78 is 5.45. The molecule has 2 aromatic heterocycles. The van der Waals surface area contributed by atoms with E-state index in [-0.39, 0.29) is 12.1 Å². The number of pyridine rings is 2. The Morgan fingerprint density at radius 2 is 1.65 bits per heavy atom. The van der Waals surface area contributed by atoms with E-state index in [1.165, 1.54) is 11.1 Å². The summed E-state index contributed by atoms with van der Waals surface area (Å²) in [5.74, 6) is -0.536. The molecule has 0 radical (unpaired) electrons. The molecule has 1 aliphatic heterocycles. The number of rotatable bonds is 7. The molecule has 2 N–H and O–H groups in total. The van der Waals surface area contributed by atoms with Crippen LogP contribution in [0.3, 0.4) is 0 Å². The highest BCUT2D eigenvalue weighted by Crippen LogP contribution is 2.43. The largest absolute Gasteiger partial charge is 0.380 e. The van der Waals surface area contributed by atoms with Gasteiger partial charge in [-0.2, -0.15) is 0 Å². The number of piperidine rings is 1. The van der Waals surface area contributed by atoms with Crippen molar-refractivity contribution < 1.29 is 14.7 Å². The summed E-state index contributed by atoms with van der Waals surface area (Å²) in [7, 11) is 1.64. The van der Waals surface area contributed by atoms with Crippen LogP contribution in [0.15, 0.2) is 54.9 Å². The van der Waals surface area contributed by atoms with Crippen LogP contribution in [0.2, 0.25) is 0 Å². The molecule has 3 aromatic rings. The summed E-state index contributed by atoms with van der Waals surface area (Å²) in [6.45, 7) is 5.28.